The summed E-state index contributed by atoms with van der Waals surface area (Å²) in [5, 5.41) is 3.60. The lowest BCUT2D eigenvalue weighted by atomic mass is 10.1. The highest BCUT2D eigenvalue weighted by Gasteiger charge is 2.22. The van der Waals surface area contributed by atoms with Gasteiger partial charge in [0.05, 0.1) is 10.4 Å². The molecule has 4 rings (SSSR count). The molecule has 0 radical (unpaired) electrons. The third kappa shape index (κ3) is 7.67. The van der Waals surface area contributed by atoms with E-state index in [-0.39, 0.29) is 4.90 Å². The summed E-state index contributed by atoms with van der Waals surface area (Å²) < 4.78 is 47.5. The normalized spacial score (nSPS) is 12.1. The van der Waals surface area contributed by atoms with Gasteiger partial charge in [-0.3, -0.25) is 4.90 Å². The summed E-state index contributed by atoms with van der Waals surface area (Å²) >= 11 is 0. The maximum Gasteiger partial charge on any atom is 0.407 e. The van der Waals surface area contributed by atoms with Gasteiger partial charge in [0.1, 0.15) is 5.60 Å². The number of ether oxygens (including phenoxy) is 1. The molecule has 0 atom stereocenters. The summed E-state index contributed by atoms with van der Waals surface area (Å²) in [5.41, 5.74) is 1.64. The predicted octanol–water partition coefficient (Wildman–Crippen LogP) is 5.72. The minimum atomic E-state index is -3.80. The number of carbonyl (C=O) groups excluding carboxylic acids is 1. The van der Waals surface area contributed by atoms with Crippen LogP contribution in [0.3, 0.4) is 0 Å². The number of carbonyl (C=O) groups is 1. The molecule has 0 bridgehead atoms. The van der Waals surface area contributed by atoms with Crippen molar-refractivity contribution in [2.45, 2.75) is 57.2 Å². The zero-order chi connectivity index (χ0) is 28.8. The third-order valence-electron chi connectivity index (χ3n) is 6.22. The van der Waals surface area contributed by atoms with Gasteiger partial charge in [-0.2, -0.15) is 4.39 Å². The quantitative estimate of drug-likeness (QED) is 0.184. The third-order valence-corrected chi connectivity index (χ3v) is 7.91. The van der Waals surface area contributed by atoms with Crippen molar-refractivity contribution in [3.05, 3.63) is 96.2 Å². The Morgan fingerprint density at radius 3 is 2.48 bits per heavy atom. The molecule has 2 aromatic heterocycles. The molecule has 0 aliphatic carbocycles. The van der Waals surface area contributed by atoms with E-state index in [1.54, 1.807) is 48.7 Å². The van der Waals surface area contributed by atoms with E-state index in [1.807, 2.05) is 39.0 Å². The second kappa shape index (κ2) is 12.6. The topological polar surface area (TPSA) is 93.5 Å². The Morgan fingerprint density at radius 2 is 1.75 bits per heavy atom. The van der Waals surface area contributed by atoms with Gasteiger partial charge in [-0.05, 0) is 81.6 Å². The number of benzene rings is 2. The standard InChI is InChI=1S/C30H35FN4O4S/c1-30(2,3)39-29(36)33-16-9-10-18-34(20-23-15-17-32-28(31)19-23)21-24-22-35(27-14-8-7-13-26(24)27)40(37,38)25-11-5-4-6-12-25/h4-8,11-15,17,19,22H,9-10,16,18,20-21H2,1-3H3,(H,33,36). The number of rotatable bonds is 11. The number of alkyl carbamates (subject to hydrolysis) is 1. The maximum absolute atomic E-state index is 13.8. The van der Waals surface area contributed by atoms with Crippen molar-refractivity contribution < 1.29 is 22.3 Å². The van der Waals surface area contributed by atoms with Crippen LogP contribution in [0.2, 0.25) is 0 Å². The zero-order valence-corrected chi connectivity index (χ0v) is 23.8. The monoisotopic (exact) mass is 566 g/mol. The highest BCUT2D eigenvalue weighted by molar-refractivity contribution is 7.90. The van der Waals surface area contributed by atoms with Gasteiger partial charge in [0, 0.05) is 37.4 Å². The molecule has 0 aliphatic rings. The van der Waals surface area contributed by atoms with Gasteiger partial charge < -0.3 is 10.1 Å². The second-order valence-corrected chi connectivity index (χ2v) is 12.4. The predicted molar refractivity (Wildman–Crippen MR) is 153 cm³/mol. The average Bonchev–Trinajstić information content (AvgIpc) is 3.27. The number of hydrogen-bond donors (Lipinski definition) is 1. The van der Waals surface area contributed by atoms with Crippen molar-refractivity contribution in [3.63, 3.8) is 0 Å². The summed E-state index contributed by atoms with van der Waals surface area (Å²) in [6, 6.07) is 18.9. The molecule has 0 aliphatic heterocycles. The highest BCUT2D eigenvalue weighted by atomic mass is 32.2. The molecule has 2 aromatic carbocycles. The number of nitrogens with one attached hydrogen (secondary N) is 1. The average molecular weight is 567 g/mol. The maximum atomic E-state index is 13.8. The Balaban J connectivity index is 1.54. The van der Waals surface area contributed by atoms with Crippen molar-refractivity contribution in [2.75, 3.05) is 13.1 Å². The van der Waals surface area contributed by atoms with Gasteiger partial charge in [-0.25, -0.2) is 22.2 Å². The van der Waals surface area contributed by atoms with Crippen molar-refractivity contribution in [1.82, 2.24) is 19.2 Å². The smallest absolute Gasteiger partial charge is 0.407 e. The minimum absolute atomic E-state index is 0.212. The Labute approximate surface area is 234 Å². The highest BCUT2D eigenvalue weighted by Crippen LogP contribution is 2.27. The van der Waals surface area contributed by atoms with Crippen molar-refractivity contribution >= 4 is 27.0 Å². The molecule has 0 saturated heterocycles. The van der Waals surface area contributed by atoms with Gasteiger partial charge >= 0.3 is 6.09 Å². The van der Waals surface area contributed by atoms with Crippen LogP contribution >= 0.6 is 0 Å². The fourth-order valence-corrected chi connectivity index (χ4v) is 5.88. The van der Waals surface area contributed by atoms with E-state index >= 15 is 0 Å². The van der Waals surface area contributed by atoms with Gasteiger partial charge in [0.15, 0.2) is 0 Å². The summed E-state index contributed by atoms with van der Waals surface area (Å²) in [6.45, 7) is 7.44. The molecule has 4 aromatic rings. The lowest BCUT2D eigenvalue weighted by Crippen LogP contribution is -2.33. The number of unbranched alkanes of at least 4 members (excludes halogenated alkanes) is 1. The molecular formula is C30H35FN4O4S. The van der Waals surface area contributed by atoms with Crippen LogP contribution in [-0.4, -0.2) is 47.1 Å². The van der Waals surface area contributed by atoms with Crippen LogP contribution < -0.4 is 5.32 Å². The van der Waals surface area contributed by atoms with E-state index in [1.165, 1.54) is 16.2 Å². The summed E-state index contributed by atoms with van der Waals surface area (Å²) in [4.78, 5) is 18.0. The van der Waals surface area contributed by atoms with Crippen LogP contribution in [-0.2, 0) is 27.8 Å². The first-order chi connectivity index (χ1) is 19.0. The summed E-state index contributed by atoms with van der Waals surface area (Å²) in [6.07, 6.45) is 4.13. The Morgan fingerprint density at radius 1 is 1.02 bits per heavy atom. The van der Waals surface area contributed by atoms with Crippen LogP contribution in [0.5, 0.6) is 0 Å². The van der Waals surface area contributed by atoms with Gasteiger partial charge in [0.25, 0.3) is 10.0 Å². The van der Waals surface area contributed by atoms with Crippen LogP contribution in [0, 0.1) is 5.95 Å². The van der Waals surface area contributed by atoms with Gasteiger partial charge in [-0.15, -0.1) is 0 Å². The number of hydrogen-bond acceptors (Lipinski definition) is 6. The SMILES string of the molecule is CC(C)(C)OC(=O)NCCCCN(Cc1ccnc(F)c1)Cc1cn(S(=O)(=O)c2ccccc2)c2ccccc12. The molecule has 212 valence electrons. The van der Waals surface area contributed by atoms with Crippen molar-refractivity contribution in [2.24, 2.45) is 0 Å². The van der Waals surface area contributed by atoms with Crippen molar-refractivity contribution in [3.8, 4) is 0 Å². The number of nitrogens with zero attached hydrogens (tertiary/aromatic N) is 3. The van der Waals surface area contributed by atoms with Crippen LogP contribution in [0.25, 0.3) is 10.9 Å². The largest absolute Gasteiger partial charge is 0.444 e. The summed E-state index contributed by atoms with van der Waals surface area (Å²) in [7, 11) is -3.80. The van der Waals surface area contributed by atoms with Crippen LogP contribution in [0.4, 0.5) is 9.18 Å². The Kier molecular flexibility index (Phi) is 9.21. The molecule has 0 unspecified atom stereocenters. The molecule has 40 heavy (non-hydrogen) atoms. The van der Waals surface area contributed by atoms with Crippen molar-refractivity contribution in [1.29, 1.82) is 0 Å². The number of pyridine rings is 1. The van der Waals surface area contributed by atoms with Gasteiger partial charge in [0.2, 0.25) is 5.95 Å². The Bertz CT molecular complexity index is 1550. The lowest BCUT2D eigenvalue weighted by molar-refractivity contribution is 0.0526. The molecule has 0 saturated carbocycles. The Hall–Kier alpha value is -3.76. The zero-order valence-electron chi connectivity index (χ0n) is 23.0. The van der Waals surface area contributed by atoms with Crippen LogP contribution in [0.1, 0.15) is 44.7 Å². The molecule has 1 amide bonds. The number of aromatic nitrogens is 2. The molecule has 1 N–H and O–H groups in total. The first-order valence-electron chi connectivity index (χ1n) is 13.2. The molecular weight excluding hydrogens is 531 g/mol. The van der Waals surface area contributed by atoms with E-state index in [2.05, 4.69) is 15.2 Å². The first kappa shape index (κ1) is 29.2. The molecule has 0 spiro atoms. The number of halogens is 1. The number of para-hydroxylation sites is 1. The summed E-state index contributed by atoms with van der Waals surface area (Å²) in [5.74, 6) is -0.551. The van der Waals surface area contributed by atoms with E-state index in [0.29, 0.717) is 38.1 Å². The number of amides is 1. The minimum Gasteiger partial charge on any atom is -0.444 e. The molecule has 0 fully saturated rings. The van der Waals surface area contributed by atoms with E-state index in [0.717, 1.165) is 22.9 Å². The molecule has 10 heteroatoms. The van der Waals surface area contributed by atoms with Crippen LogP contribution in [0.15, 0.2) is 84.0 Å². The second-order valence-electron chi connectivity index (χ2n) is 10.6. The van der Waals surface area contributed by atoms with E-state index in [9.17, 15) is 17.6 Å². The molecule has 2 heterocycles. The first-order valence-corrected chi connectivity index (χ1v) is 14.7. The fourth-order valence-electron chi connectivity index (χ4n) is 4.47. The van der Waals surface area contributed by atoms with Gasteiger partial charge in [-0.1, -0.05) is 36.4 Å². The number of fused-ring (bicyclic) bond motifs is 1. The van der Waals surface area contributed by atoms with E-state index in [4.69, 9.17) is 4.74 Å². The fraction of sp³-hybridized carbons (Fsp3) is 0.333. The van der Waals surface area contributed by atoms with E-state index < -0.39 is 27.7 Å². The molecule has 8 nitrogen and oxygen atoms in total. The lowest BCUT2D eigenvalue weighted by Gasteiger charge is -2.23.